The average molecular weight is 416 g/mol. The summed E-state index contributed by atoms with van der Waals surface area (Å²) in [5.41, 5.74) is 1.92. The third-order valence-corrected chi connectivity index (χ3v) is 6.53. The number of nitrogens with one attached hydrogen (secondary N) is 2. The van der Waals surface area contributed by atoms with Crippen molar-refractivity contribution in [3.8, 4) is 23.0 Å². The SMILES string of the molecule is Cc1[nH]c(C)c(S(=O)(=O)Nc2ccc3c(c2)OCCO3)c1-c1nc(C2CC2)no1. The number of rotatable bonds is 5. The number of aromatic nitrogens is 3. The number of hydrogen-bond donors (Lipinski definition) is 2. The van der Waals surface area contributed by atoms with Gasteiger partial charge in [0, 0.05) is 23.4 Å². The second-order valence-corrected chi connectivity index (χ2v) is 8.89. The highest BCUT2D eigenvalue weighted by atomic mass is 32.2. The quantitative estimate of drug-likeness (QED) is 0.656. The molecule has 0 radical (unpaired) electrons. The Morgan fingerprint density at radius 1 is 1.10 bits per heavy atom. The Labute approximate surface area is 167 Å². The minimum absolute atomic E-state index is 0.0934. The minimum Gasteiger partial charge on any atom is -0.486 e. The smallest absolute Gasteiger partial charge is 0.264 e. The number of ether oxygens (including phenoxy) is 2. The molecule has 2 N–H and O–H groups in total. The summed E-state index contributed by atoms with van der Waals surface area (Å²) in [6.07, 6.45) is 2.06. The standard InChI is InChI=1S/C19H20N4O5S/c1-10-16(19-21-18(22-28-19)12-3-4-12)17(11(2)20-10)29(24,25)23-13-5-6-14-15(9-13)27-8-7-26-14/h5-6,9,12,20,23H,3-4,7-8H2,1-2H3. The molecule has 1 aromatic carbocycles. The van der Waals surface area contributed by atoms with E-state index in [1.807, 2.05) is 0 Å². The van der Waals surface area contributed by atoms with Gasteiger partial charge in [0.25, 0.3) is 15.9 Å². The molecular formula is C19H20N4O5S. The lowest BCUT2D eigenvalue weighted by atomic mass is 10.2. The molecule has 0 spiro atoms. The maximum Gasteiger partial charge on any atom is 0.264 e. The molecule has 5 rings (SSSR count). The number of hydrogen-bond acceptors (Lipinski definition) is 7. The lowest BCUT2D eigenvalue weighted by molar-refractivity contribution is 0.171. The topological polar surface area (TPSA) is 119 Å². The third kappa shape index (κ3) is 3.23. The van der Waals surface area contributed by atoms with Crippen LogP contribution in [-0.2, 0) is 10.0 Å². The largest absolute Gasteiger partial charge is 0.486 e. The number of benzene rings is 1. The van der Waals surface area contributed by atoms with Crippen molar-refractivity contribution < 1.29 is 22.4 Å². The number of anilines is 1. The fraction of sp³-hybridized carbons (Fsp3) is 0.368. The summed E-state index contributed by atoms with van der Waals surface area (Å²) >= 11 is 0. The molecule has 0 atom stereocenters. The summed E-state index contributed by atoms with van der Waals surface area (Å²) in [5, 5.41) is 4.01. The highest BCUT2D eigenvalue weighted by molar-refractivity contribution is 7.93. The van der Waals surface area contributed by atoms with Crippen LogP contribution in [0.2, 0.25) is 0 Å². The van der Waals surface area contributed by atoms with Crippen molar-refractivity contribution in [3.05, 3.63) is 35.4 Å². The highest BCUT2D eigenvalue weighted by Gasteiger charge is 2.33. The predicted molar refractivity (Wildman–Crippen MR) is 104 cm³/mol. The first-order chi connectivity index (χ1) is 13.9. The number of nitrogens with zero attached hydrogens (tertiary/aromatic N) is 2. The normalized spacial score (nSPS) is 16.1. The van der Waals surface area contributed by atoms with Gasteiger partial charge in [-0.15, -0.1) is 0 Å². The zero-order valence-corrected chi connectivity index (χ0v) is 16.8. The first-order valence-corrected chi connectivity index (χ1v) is 10.9. The Balaban J connectivity index is 1.52. The van der Waals surface area contributed by atoms with E-state index >= 15 is 0 Å². The molecule has 2 aliphatic rings. The van der Waals surface area contributed by atoms with Crippen LogP contribution in [0.15, 0.2) is 27.6 Å². The molecule has 1 saturated carbocycles. The van der Waals surface area contributed by atoms with Crippen molar-refractivity contribution in [2.75, 3.05) is 17.9 Å². The van der Waals surface area contributed by atoms with Crippen LogP contribution in [-0.4, -0.2) is 36.8 Å². The van der Waals surface area contributed by atoms with Crippen LogP contribution < -0.4 is 14.2 Å². The molecule has 29 heavy (non-hydrogen) atoms. The first-order valence-electron chi connectivity index (χ1n) is 9.38. The molecule has 0 bridgehead atoms. The van der Waals surface area contributed by atoms with E-state index in [9.17, 15) is 8.42 Å². The molecule has 1 fully saturated rings. The number of aryl methyl sites for hydroxylation is 2. The van der Waals surface area contributed by atoms with E-state index in [-0.39, 0.29) is 10.8 Å². The van der Waals surface area contributed by atoms with Gasteiger partial charge in [0.2, 0.25) is 0 Å². The van der Waals surface area contributed by atoms with Gasteiger partial charge in [-0.1, -0.05) is 5.16 Å². The van der Waals surface area contributed by atoms with Crippen LogP contribution in [0.3, 0.4) is 0 Å². The van der Waals surface area contributed by atoms with Crippen molar-refractivity contribution in [1.82, 2.24) is 15.1 Å². The van der Waals surface area contributed by atoms with Crippen LogP contribution in [0.5, 0.6) is 11.5 Å². The van der Waals surface area contributed by atoms with Crippen molar-refractivity contribution in [1.29, 1.82) is 0 Å². The second-order valence-electron chi connectivity index (χ2n) is 7.28. The third-order valence-electron chi connectivity index (χ3n) is 4.98. The maximum absolute atomic E-state index is 13.3. The fourth-order valence-electron chi connectivity index (χ4n) is 3.51. The van der Waals surface area contributed by atoms with E-state index in [1.165, 1.54) is 0 Å². The predicted octanol–water partition coefficient (Wildman–Crippen LogP) is 3.13. The summed E-state index contributed by atoms with van der Waals surface area (Å²) in [6, 6.07) is 4.93. The molecule has 2 aromatic heterocycles. The van der Waals surface area contributed by atoms with Gasteiger partial charge in [0.05, 0.1) is 11.3 Å². The Hall–Kier alpha value is -3.01. The first kappa shape index (κ1) is 18.0. The van der Waals surface area contributed by atoms with Gasteiger partial charge in [-0.2, -0.15) is 4.98 Å². The summed E-state index contributed by atoms with van der Waals surface area (Å²) < 4.78 is 45.6. The molecule has 1 aliphatic carbocycles. The molecule has 10 heteroatoms. The Morgan fingerprint density at radius 3 is 2.62 bits per heavy atom. The maximum atomic E-state index is 13.3. The molecular weight excluding hydrogens is 396 g/mol. The number of fused-ring (bicyclic) bond motifs is 1. The van der Waals surface area contributed by atoms with Crippen LogP contribution in [0.25, 0.3) is 11.5 Å². The van der Waals surface area contributed by atoms with Gasteiger partial charge in [0.15, 0.2) is 17.3 Å². The van der Waals surface area contributed by atoms with Crippen LogP contribution in [0.4, 0.5) is 5.69 Å². The van der Waals surface area contributed by atoms with E-state index < -0.39 is 10.0 Å². The van der Waals surface area contributed by atoms with E-state index in [0.29, 0.717) is 59.1 Å². The highest BCUT2D eigenvalue weighted by Crippen LogP contribution is 2.40. The van der Waals surface area contributed by atoms with Gasteiger partial charge in [-0.3, -0.25) is 4.72 Å². The second kappa shape index (κ2) is 6.51. The Bertz CT molecular complexity index is 1190. The molecule has 0 amide bonds. The lowest BCUT2D eigenvalue weighted by Crippen LogP contribution is -2.17. The van der Waals surface area contributed by atoms with Gasteiger partial charge in [0.1, 0.15) is 18.1 Å². The van der Waals surface area contributed by atoms with Crippen molar-refractivity contribution in [3.63, 3.8) is 0 Å². The zero-order chi connectivity index (χ0) is 20.2. The average Bonchev–Trinajstić information content (AvgIpc) is 3.33. The van der Waals surface area contributed by atoms with Crippen molar-refractivity contribution in [2.24, 2.45) is 0 Å². The fourth-order valence-corrected chi connectivity index (χ4v) is 5.01. The van der Waals surface area contributed by atoms with E-state index in [1.54, 1.807) is 32.0 Å². The summed E-state index contributed by atoms with van der Waals surface area (Å²) in [7, 11) is -3.93. The summed E-state index contributed by atoms with van der Waals surface area (Å²) in [4.78, 5) is 7.60. The lowest BCUT2D eigenvalue weighted by Gasteiger charge is -2.19. The molecule has 3 heterocycles. The van der Waals surface area contributed by atoms with Gasteiger partial charge < -0.3 is 19.0 Å². The monoisotopic (exact) mass is 416 g/mol. The van der Waals surface area contributed by atoms with Crippen LogP contribution >= 0.6 is 0 Å². The van der Waals surface area contributed by atoms with Crippen LogP contribution in [0.1, 0.15) is 36.0 Å². The number of aromatic amines is 1. The van der Waals surface area contributed by atoms with E-state index in [2.05, 4.69) is 19.8 Å². The molecule has 9 nitrogen and oxygen atoms in total. The molecule has 0 saturated heterocycles. The van der Waals surface area contributed by atoms with E-state index in [4.69, 9.17) is 14.0 Å². The number of H-pyrrole nitrogens is 1. The van der Waals surface area contributed by atoms with Crippen LogP contribution in [0, 0.1) is 13.8 Å². The number of sulfonamides is 1. The molecule has 1 aliphatic heterocycles. The zero-order valence-electron chi connectivity index (χ0n) is 16.0. The summed E-state index contributed by atoms with van der Waals surface area (Å²) in [6.45, 7) is 4.37. The van der Waals surface area contributed by atoms with Gasteiger partial charge >= 0.3 is 0 Å². The van der Waals surface area contributed by atoms with Crippen molar-refractivity contribution in [2.45, 2.75) is 37.5 Å². The Morgan fingerprint density at radius 2 is 1.86 bits per heavy atom. The molecule has 0 unspecified atom stereocenters. The van der Waals surface area contributed by atoms with Crippen molar-refractivity contribution >= 4 is 15.7 Å². The minimum atomic E-state index is -3.93. The van der Waals surface area contributed by atoms with Gasteiger partial charge in [-0.05, 0) is 38.8 Å². The van der Waals surface area contributed by atoms with Gasteiger partial charge in [-0.25, -0.2) is 8.42 Å². The molecule has 3 aromatic rings. The summed E-state index contributed by atoms with van der Waals surface area (Å²) in [5.74, 6) is 2.23. The molecule has 152 valence electrons. The Kier molecular flexibility index (Phi) is 4.05. The van der Waals surface area contributed by atoms with E-state index in [0.717, 1.165) is 12.8 Å².